The van der Waals surface area contributed by atoms with Crippen LogP contribution in [0.5, 0.6) is 0 Å². The summed E-state index contributed by atoms with van der Waals surface area (Å²) >= 11 is 0. The van der Waals surface area contributed by atoms with Crippen molar-refractivity contribution in [2.24, 2.45) is 0 Å². The van der Waals surface area contributed by atoms with Gasteiger partial charge in [-0.1, -0.05) is 0 Å². The van der Waals surface area contributed by atoms with Gasteiger partial charge in [0.1, 0.15) is 12.1 Å². The lowest BCUT2D eigenvalue weighted by atomic mass is 10.1. The van der Waals surface area contributed by atoms with E-state index in [1.165, 1.54) is 0 Å². The van der Waals surface area contributed by atoms with Crippen LogP contribution >= 0.6 is 7.60 Å². The maximum atomic E-state index is 12.6. The molecule has 3 rings (SSSR count). The third kappa shape index (κ3) is 5.27. The molecule has 3 N–H and O–H groups in total. The Kier molecular flexibility index (Phi) is 7.38. The predicted octanol–water partition coefficient (Wildman–Crippen LogP) is 1.52. The number of aromatic nitrogens is 4. The fourth-order valence-corrected chi connectivity index (χ4v) is 4.97. The summed E-state index contributed by atoms with van der Waals surface area (Å²) in [6.07, 6.45) is 0.256. The molecule has 0 spiro atoms. The molecule has 31 heavy (non-hydrogen) atoms. The third-order valence-electron chi connectivity index (χ3n) is 5.01. The van der Waals surface area contributed by atoms with Crippen LogP contribution in [0.4, 0.5) is 0 Å². The van der Waals surface area contributed by atoms with Crippen molar-refractivity contribution in [2.75, 3.05) is 32.5 Å². The van der Waals surface area contributed by atoms with Crippen LogP contribution in [0.2, 0.25) is 0 Å². The van der Waals surface area contributed by atoms with Gasteiger partial charge in [-0.05, 0) is 51.0 Å². The molecule has 0 aliphatic heterocycles. The molecule has 0 atom stereocenters. The van der Waals surface area contributed by atoms with Crippen molar-refractivity contribution in [3.05, 3.63) is 44.1 Å². The summed E-state index contributed by atoms with van der Waals surface area (Å²) in [5.74, 6) is 0. The molecule has 3 aromatic rings. The molecule has 0 saturated carbocycles. The van der Waals surface area contributed by atoms with Crippen LogP contribution in [0.15, 0.2) is 21.7 Å². The quantitative estimate of drug-likeness (QED) is 0.185. The first kappa shape index (κ1) is 23.3. The third-order valence-corrected chi connectivity index (χ3v) is 7.08. The Hall–Kier alpha value is -2.39. The first-order valence-electron chi connectivity index (χ1n) is 10.3. The van der Waals surface area contributed by atoms with Crippen LogP contribution in [-0.2, 0) is 20.2 Å². The molecular formula is C20H29N5O5P+. The van der Waals surface area contributed by atoms with Crippen molar-refractivity contribution in [1.82, 2.24) is 20.3 Å². The second-order valence-electron chi connectivity index (χ2n) is 7.21. The normalized spacial score (nSPS) is 12.1. The maximum absolute atomic E-state index is 12.6. The molecule has 0 bridgehead atoms. The van der Waals surface area contributed by atoms with Crippen molar-refractivity contribution in [3.63, 3.8) is 0 Å². The average molecular weight is 450 g/mol. The predicted molar refractivity (Wildman–Crippen MR) is 119 cm³/mol. The summed E-state index contributed by atoms with van der Waals surface area (Å²) in [7, 11) is -3.11. The highest BCUT2D eigenvalue weighted by Gasteiger charge is 2.23. The van der Waals surface area contributed by atoms with Crippen LogP contribution < -0.4 is 21.1 Å². The Bertz CT molecular complexity index is 1240. The molecule has 0 fully saturated rings. The zero-order chi connectivity index (χ0) is 22.6. The van der Waals surface area contributed by atoms with E-state index in [1.807, 2.05) is 30.5 Å². The fraction of sp³-hybridized carbons (Fsp3) is 0.500. The Labute approximate surface area is 179 Å². The zero-order valence-corrected chi connectivity index (χ0v) is 19.2. The van der Waals surface area contributed by atoms with E-state index in [9.17, 15) is 14.2 Å². The van der Waals surface area contributed by atoms with Crippen molar-refractivity contribution in [2.45, 2.75) is 34.2 Å². The van der Waals surface area contributed by atoms with Crippen molar-refractivity contribution >= 4 is 29.8 Å². The molecule has 11 heteroatoms. The van der Waals surface area contributed by atoms with Crippen molar-refractivity contribution in [3.8, 4) is 0 Å². The van der Waals surface area contributed by atoms with Gasteiger partial charge in [0.15, 0.2) is 5.52 Å². The van der Waals surface area contributed by atoms with Gasteiger partial charge in [-0.25, -0.2) is 14.3 Å². The lowest BCUT2D eigenvalue weighted by molar-refractivity contribution is -0.645. The molecule has 0 aliphatic rings. The number of nitrogens with one attached hydrogen (secondary N) is 3. The maximum Gasteiger partial charge on any atom is 0.413 e. The second kappa shape index (κ2) is 9.82. The van der Waals surface area contributed by atoms with Crippen LogP contribution in [-0.4, -0.2) is 47.4 Å². The van der Waals surface area contributed by atoms with Crippen LogP contribution in [0, 0.1) is 13.8 Å². The lowest BCUT2D eigenvalue weighted by Crippen LogP contribution is -2.44. The van der Waals surface area contributed by atoms with Gasteiger partial charge in [0.05, 0.1) is 19.4 Å². The molecule has 2 aromatic heterocycles. The number of H-pyrrole nitrogens is 2. The van der Waals surface area contributed by atoms with E-state index in [0.717, 1.165) is 16.6 Å². The van der Waals surface area contributed by atoms with Gasteiger partial charge in [-0.15, -0.1) is 0 Å². The SMILES string of the molecule is CCOP(=O)(CCNCC[n+]1c2cc(C)c(C)cc2nc2c(=O)[nH]c(=O)[nH]c21)OCC. The van der Waals surface area contributed by atoms with E-state index in [0.29, 0.717) is 44.0 Å². The van der Waals surface area contributed by atoms with E-state index in [4.69, 9.17) is 9.05 Å². The summed E-state index contributed by atoms with van der Waals surface area (Å²) < 4.78 is 25.0. The van der Waals surface area contributed by atoms with Crippen molar-refractivity contribution < 1.29 is 18.2 Å². The number of rotatable bonds is 10. The summed E-state index contributed by atoms with van der Waals surface area (Å²) in [4.78, 5) is 33.6. The fourth-order valence-electron chi connectivity index (χ4n) is 3.42. The second-order valence-corrected chi connectivity index (χ2v) is 9.40. The van der Waals surface area contributed by atoms with E-state index in [2.05, 4.69) is 20.3 Å². The summed E-state index contributed by atoms with van der Waals surface area (Å²) in [5, 5.41) is 3.24. The summed E-state index contributed by atoms with van der Waals surface area (Å²) in [6.45, 7) is 9.60. The van der Waals surface area contributed by atoms with Gasteiger partial charge in [-0.3, -0.25) is 14.3 Å². The van der Waals surface area contributed by atoms with Gasteiger partial charge >= 0.3 is 18.9 Å². The number of fused-ring (bicyclic) bond motifs is 2. The molecule has 1 aromatic carbocycles. The van der Waals surface area contributed by atoms with Crippen LogP contribution in [0.25, 0.3) is 22.2 Å². The molecule has 0 amide bonds. The Morgan fingerprint density at radius 2 is 1.74 bits per heavy atom. The molecule has 0 unspecified atom stereocenters. The standard InChI is InChI=1S/C20H28N5O5P/c1-5-29-31(28,30-6-2)10-8-21-7-9-25-16-12-14(4)13(3)11-15(16)22-17-18(25)23-20(27)24-19(17)26/h11-12,21H,5-10H2,1-4H3,(H,24,26,27)/p+1. The van der Waals surface area contributed by atoms with Gasteiger partial charge in [0, 0.05) is 13.1 Å². The average Bonchev–Trinajstić information content (AvgIpc) is 2.69. The summed E-state index contributed by atoms with van der Waals surface area (Å²) in [6, 6.07) is 3.92. The van der Waals surface area contributed by atoms with Gasteiger partial charge < -0.3 is 14.4 Å². The number of nitrogens with zero attached hydrogens (tertiary/aromatic N) is 2. The molecule has 2 heterocycles. The number of aryl methyl sites for hydroxylation is 2. The highest BCUT2D eigenvalue weighted by Crippen LogP contribution is 2.47. The zero-order valence-electron chi connectivity index (χ0n) is 18.3. The molecular weight excluding hydrogens is 421 g/mol. The minimum Gasteiger partial charge on any atom is -0.312 e. The number of aromatic amines is 2. The highest BCUT2D eigenvalue weighted by molar-refractivity contribution is 7.53. The van der Waals surface area contributed by atoms with E-state index in [1.54, 1.807) is 13.8 Å². The summed E-state index contributed by atoms with van der Waals surface area (Å²) in [5.41, 5.74) is 3.05. The van der Waals surface area contributed by atoms with Crippen LogP contribution in [0.1, 0.15) is 25.0 Å². The topological polar surface area (TPSA) is 130 Å². The number of hydrogen-bond acceptors (Lipinski definition) is 7. The molecule has 168 valence electrons. The molecule has 0 aliphatic carbocycles. The molecule has 0 radical (unpaired) electrons. The number of hydrogen-bond donors (Lipinski definition) is 3. The van der Waals surface area contributed by atoms with E-state index < -0.39 is 18.8 Å². The first-order chi connectivity index (χ1) is 14.8. The molecule has 10 nitrogen and oxygen atoms in total. The lowest BCUT2D eigenvalue weighted by Gasteiger charge is -2.17. The van der Waals surface area contributed by atoms with Gasteiger partial charge in [-0.2, -0.15) is 4.98 Å². The van der Waals surface area contributed by atoms with E-state index in [-0.39, 0.29) is 11.7 Å². The molecule has 0 saturated heterocycles. The minimum atomic E-state index is -3.11. The Morgan fingerprint density at radius 1 is 1.06 bits per heavy atom. The van der Waals surface area contributed by atoms with Crippen molar-refractivity contribution in [1.29, 1.82) is 0 Å². The van der Waals surface area contributed by atoms with E-state index >= 15 is 0 Å². The number of benzene rings is 1. The van der Waals surface area contributed by atoms with Gasteiger partial charge in [0.2, 0.25) is 5.52 Å². The monoisotopic (exact) mass is 450 g/mol. The minimum absolute atomic E-state index is 0.174. The highest BCUT2D eigenvalue weighted by atomic mass is 31.2. The smallest absolute Gasteiger partial charge is 0.312 e. The van der Waals surface area contributed by atoms with Gasteiger partial charge in [0.25, 0.3) is 5.56 Å². The Morgan fingerprint density at radius 3 is 2.42 bits per heavy atom. The first-order valence-corrected chi connectivity index (χ1v) is 12.1. The Balaban J connectivity index is 1.88. The largest absolute Gasteiger partial charge is 0.413 e. The van der Waals surface area contributed by atoms with Crippen LogP contribution in [0.3, 0.4) is 0 Å².